The summed E-state index contributed by atoms with van der Waals surface area (Å²) in [4.78, 5) is 11.5. The molecule has 0 amide bonds. The smallest absolute Gasteiger partial charge is 0.336 e. The highest BCUT2D eigenvalue weighted by molar-refractivity contribution is 5.80. The lowest BCUT2D eigenvalue weighted by Gasteiger charge is -2.39. The molecule has 4 N–H and O–H groups in total. The molecule has 198 valence electrons. The first-order chi connectivity index (χ1) is 17.2. The molecular weight excluding hydrogens is 472 g/mol. The van der Waals surface area contributed by atoms with Crippen molar-refractivity contribution in [3.63, 3.8) is 0 Å². The fourth-order valence-corrected chi connectivity index (χ4v) is 3.75. The van der Waals surface area contributed by atoms with Gasteiger partial charge in [0.2, 0.25) is 0 Å². The Bertz CT molecular complexity index is 1120. The zero-order chi connectivity index (χ0) is 26.2. The van der Waals surface area contributed by atoms with Crippen LogP contribution in [0.3, 0.4) is 0 Å². The maximum absolute atomic E-state index is 11.5. The summed E-state index contributed by atoms with van der Waals surface area (Å²) in [7, 11) is 1.55. The third kappa shape index (κ3) is 7.16. The Morgan fingerprint density at radius 3 is 2.53 bits per heavy atom. The molecule has 3 rings (SSSR count). The van der Waals surface area contributed by atoms with E-state index in [1.165, 1.54) is 6.07 Å². The van der Waals surface area contributed by atoms with Gasteiger partial charge in [-0.25, -0.2) is 4.79 Å². The van der Waals surface area contributed by atoms with E-state index in [1.54, 1.807) is 25.3 Å². The SMILES string of the molecule is COc1cc2ccc(=O)oc2cc1OC/C=C(\C)CC/C=C(/C)CO[C@@H]1O[C@H](CO)[C@@H](O)[C@H](O)[C@H]1O. The van der Waals surface area contributed by atoms with Gasteiger partial charge in [0.05, 0.1) is 20.3 Å². The zero-order valence-corrected chi connectivity index (χ0v) is 20.6. The highest BCUT2D eigenvalue weighted by Crippen LogP contribution is 2.32. The standard InChI is InChI=1S/C26H34O10/c1-15(9-10-33-20-12-18-17(11-19(20)32-3)7-8-22(28)35-18)5-4-6-16(2)14-34-26-25(31)24(30)23(29)21(13-27)36-26/h6-9,11-12,21,23-27,29-31H,4-5,10,13-14H2,1-3H3/b15-9+,16-6-/t21-,23-,24+,25-,26-/m1/s1. The summed E-state index contributed by atoms with van der Waals surface area (Å²) in [6.45, 7) is 3.84. The van der Waals surface area contributed by atoms with Crippen molar-refractivity contribution in [3.05, 3.63) is 58.0 Å². The Morgan fingerprint density at radius 1 is 1.03 bits per heavy atom. The lowest BCUT2D eigenvalue weighted by molar-refractivity contribution is -0.299. The average molecular weight is 507 g/mol. The number of aliphatic hydroxyl groups is 4. The summed E-state index contributed by atoms with van der Waals surface area (Å²) < 4.78 is 27.3. The second-order valence-electron chi connectivity index (χ2n) is 8.75. The van der Waals surface area contributed by atoms with Crippen molar-refractivity contribution in [1.82, 2.24) is 0 Å². The van der Waals surface area contributed by atoms with Crippen molar-refractivity contribution in [3.8, 4) is 11.5 Å². The molecule has 1 aliphatic heterocycles. The highest BCUT2D eigenvalue weighted by atomic mass is 16.7. The van der Waals surface area contributed by atoms with Crippen LogP contribution in [0.2, 0.25) is 0 Å². The highest BCUT2D eigenvalue weighted by Gasteiger charge is 2.43. The predicted octanol–water partition coefficient (Wildman–Crippen LogP) is 1.67. The third-order valence-corrected chi connectivity index (χ3v) is 5.93. The van der Waals surface area contributed by atoms with Crippen LogP contribution in [0.1, 0.15) is 26.7 Å². The van der Waals surface area contributed by atoms with Gasteiger partial charge in [0, 0.05) is 17.5 Å². The number of ether oxygens (including phenoxy) is 4. The van der Waals surface area contributed by atoms with E-state index in [0.29, 0.717) is 23.7 Å². The van der Waals surface area contributed by atoms with Crippen molar-refractivity contribution in [2.24, 2.45) is 0 Å². The first-order valence-corrected chi connectivity index (χ1v) is 11.7. The van der Waals surface area contributed by atoms with Gasteiger partial charge >= 0.3 is 5.63 Å². The van der Waals surface area contributed by atoms with E-state index in [0.717, 1.165) is 29.4 Å². The number of allylic oxidation sites excluding steroid dienone is 2. The van der Waals surface area contributed by atoms with Crippen LogP contribution < -0.4 is 15.1 Å². The number of hydrogen-bond acceptors (Lipinski definition) is 10. The molecule has 1 aromatic heterocycles. The van der Waals surface area contributed by atoms with Crippen molar-refractivity contribution in [2.45, 2.75) is 57.4 Å². The van der Waals surface area contributed by atoms with Crippen LogP contribution in [0.15, 0.2) is 56.8 Å². The van der Waals surface area contributed by atoms with Crippen LogP contribution in [-0.2, 0) is 9.47 Å². The number of methoxy groups -OCH3 is 1. The number of rotatable bonds is 11. The van der Waals surface area contributed by atoms with Crippen molar-refractivity contribution in [2.75, 3.05) is 26.9 Å². The summed E-state index contributed by atoms with van der Waals surface area (Å²) >= 11 is 0. The molecule has 1 fully saturated rings. The normalized spacial score (nSPS) is 25.2. The van der Waals surface area contributed by atoms with Crippen LogP contribution in [0.25, 0.3) is 11.0 Å². The number of benzene rings is 1. The molecule has 0 unspecified atom stereocenters. The molecule has 0 saturated carbocycles. The van der Waals surface area contributed by atoms with Crippen molar-refractivity contribution < 1.29 is 43.8 Å². The van der Waals surface area contributed by atoms with E-state index < -0.39 is 42.9 Å². The minimum absolute atomic E-state index is 0.159. The van der Waals surface area contributed by atoms with E-state index in [-0.39, 0.29) is 6.61 Å². The third-order valence-electron chi connectivity index (χ3n) is 5.93. The van der Waals surface area contributed by atoms with Gasteiger partial charge < -0.3 is 43.8 Å². The van der Waals surface area contributed by atoms with E-state index in [9.17, 15) is 25.2 Å². The van der Waals surface area contributed by atoms with Gasteiger partial charge in [-0.15, -0.1) is 0 Å². The van der Waals surface area contributed by atoms with Crippen LogP contribution in [-0.4, -0.2) is 78.1 Å². The molecule has 2 aromatic rings. The Labute approximate surface area is 209 Å². The lowest BCUT2D eigenvalue weighted by atomic mass is 9.99. The van der Waals surface area contributed by atoms with Crippen LogP contribution in [0, 0.1) is 0 Å². The second kappa shape index (κ2) is 13.0. The van der Waals surface area contributed by atoms with Gasteiger partial charge in [-0.3, -0.25) is 0 Å². The molecule has 36 heavy (non-hydrogen) atoms. The molecule has 1 aromatic carbocycles. The van der Waals surface area contributed by atoms with Gasteiger partial charge in [0.25, 0.3) is 0 Å². The Hall–Kier alpha value is -2.73. The quantitative estimate of drug-likeness (QED) is 0.262. The summed E-state index contributed by atoms with van der Waals surface area (Å²) in [5.41, 5.74) is 2.00. The van der Waals surface area contributed by atoms with E-state index in [4.69, 9.17) is 23.4 Å². The number of aliphatic hydroxyl groups excluding tert-OH is 4. The molecule has 1 aliphatic rings. The first kappa shape index (κ1) is 27.9. The zero-order valence-electron chi connectivity index (χ0n) is 20.6. The molecular formula is C26H34O10. The first-order valence-electron chi connectivity index (χ1n) is 11.7. The molecule has 0 spiro atoms. The van der Waals surface area contributed by atoms with E-state index in [1.807, 2.05) is 26.0 Å². The minimum atomic E-state index is -1.46. The molecule has 2 heterocycles. The maximum Gasteiger partial charge on any atom is 0.336 e. The van der Waals surface area contributed by atoms with E-state index >= 15 is 0 Å². The lowest BCUT2D eigenvalue weighted by Crippen LogP contribution is -2.59. The van der Waals surface area contributed by atoms with Crippen LogP contribution in [0.5, 0.6) is 11.5 Å². The predicted molar refractivity (Wildman–Crippen MR) is 131 cm³/mol. The molecule has 0 bridgehead atoms. The monoisotopic (exact) mass is 506 g/mol. The average Bonchev–Trinajstić information content (AvgIpc) is 2.86. The molecule has 0 radical (unpaired) electrons. The fraction of sp³-hybridized carbons (Fsp3) is 0.500. The summed E-state index contributed by atoms with van der Waals surface area (Å²) in [6, 6.07) is 6.41. The Kier molecular flexibility index (Phi) is 10.1. The largest absolute Gasteiger partial charge is 0.493 e. The molecule has 10 nitrogen and oxygen atoms in total. The van der Waals surface area contributed by atoms with Gasteiger partial charge in [0.15, 0.2) is 17.8 Å². The molecule has 0 aliphatic carbocycles. The van der Waals surface area contributed by atoms with E-state index in [2.05, 4.69) is 0 Å². The van der Waals surface area contributed by atoms with Gasteiger partial charge in [-0.2, -0.15) is 0 Å². The van der Waals surface area contributed by atoms with Crippen LogP contribution >= 0.6 is 0 Å². The molecule has 5 atom stereocenters. The number of fused-ring (bicyclic) bond motifs is 1. The summed E-state index contributed by atoms with van der Waals surface area (Å²) in [5.74, 6) is 1.02. The van der Waals surface area contributed by atoms with Gasteiger partial charge in [-0.1, -0.05) is 17.2 Å². The second-order valence-corrected chi connectivity index (χ2v) is 8.75. The molecule has 10 heteroatoms. The van der Waals surface area contributed by atoms with Crippen LogP contribution in [0.4, 0.5) is 0 Å². The topological polar surface area (TPSA) is 148 Å². The van der Waals surface area contributed by atoms with Crippen molar-refractivity contribution >= 4 is 11.0 Å². The minimum Gasteiger partial charge on any atom is -0.493 e. The summed E-state index contributed by atoms with van der Waals surface area (Å²) in [6.07, 6.45) is -0.964. The summed E-state index contributed by atoms with van der Waals surface area (Å²) in [5, 5.41) is 39.7. The van der Waals surface area contributed by atoms with Gasteiger partial charge in [0.1, 0.15) is 36.6 Å². The fourth-order valence-electron chi connectivity index (χ4n) is 3.75. The maximum atomic E-state index is 11.5. The Balaban J connectivity index is 1.47. The van der Waals surface area contributed by atoms with Crippen molar-refractivity contribution in [1.29, 1.82) is 0 Å². The Morgan fingerprint density at radius 2 is 1.81 bits per heavy atom. The van der Waals surface area contributed by atoms with Gasteiger partial charge in [-0.05, 0) is 44.9 Å². The molecule has 1 saturated heterocycles. The number of hydrogen-bond donors (Lipinski definition) is 4.